The fourth-order valence-electron chi connectivity index (χ4n) is 5.21. The zero-order chi connectivity index (χ0) is 23.4. The zero-order valence-electron chi connectivity index (χ0n) is 18.9. The number of aryl methyl sites for hydroxylation is 1. The predicted molar refractivity (Wildman–Crippen MR) is 136 cm³/mol. The van der Waals surface area contributed by atoms with Crippen molar-refractivity contribution in [2.45, 2.75) is 75.0 Å². The van der Waals surface area contributed by atoms with Crippen molar-refractivity contribution >= 4 is 33.0 Å². The van der Waals surface area contributed by atoms with Crippen LogP contribution in [0.3, 0.4) is 0 Å². The lowest BCUT2D eigenvalue weighted by Gasteiger charge is -2.32. The first-order valence-electron chi connectivity index (χ1n) is 12.0. The Hall–Kier alpha value is -1.27. The number of sulfone groups is 1. The van der Waals surface area contributed by atoms with E-state index >= 15 is 0 Å². The summed E-state index contributed by atoms with van der Waals surface area (Å²) in [5, 5.41) is 0.951. The Morgan fingerprint density at radius 3 is 2.52 bits per heavy atom. The van der Waals surface area contributed by atoms with E-state index in [4.69, 9.17) is 33.7 Å². The highest BCUT2D eigenvalue weighted by atomic mass is 35.5. The molecule has 0 saturated heterocycles. The Morgan fingerprint density at radius 2 is 1.76 bits per heavy atom. The maximum absolute atomic E-state index is 12.6. The minimum absolute atomic E-state index is 0.0582. The molecule has 180 valence electrons. The molecule has 2 aliphatic rings. The van der Waals surface area contributed by atoms with Gasteiger partial charge in [0.1, 0.15) is 5.75 Å². The Labute approximate surface area is 207 Å². The van der Waals surface area contributed by atoms with Gasteiger partial charge in [-0.3, -0.25) is 0 Å². The summed E-state index contributed by atoms with van der Waals surface area (Å²) in [5.74, 6) is 1.14. The van der Waals surface area contributed by atoms with Gasteiger partial charge in [0.05, 0.1) is 27.7 Å². The fraction of sp³-hybridized carbons (Fsp3) is 0.538. The van der Waals surface area contributed by atoms with Gasteiger partial charge in [0, 0.05) is 12.0 Å². The molecule has 0 aliphatic heterocycles. The van der Waals surface area contributed by atoms with Gasteiger partial charge in [-0.15, -0.1) is 0 Å². The number of benzene rings is 2. The summed E-state index contributed by atoms with van der Waals surface area (Å²) in [6.07, 6.45) is 8.04. The van der Waals surface area contributed by atoms with E-state index < -0.39 is 9.84 Å². The average Bonchev–Trinajstić information content (AvgIpc) is 2.81. The van der Waals surface area contributed by atoms with Crippen LogP contribution in [0.2, 0.25) is 10.0 Å². The molecule has 2 aromatic rings. The number of rotatable bonds is 8. The molecule has 4 rings (SSSR count). The summed E-state index contributed by atoms with van der Waals surface area (Å²) in [7, 11) is -3.03. The van der Waals surface area contributed by atoms with E-state index in [0.29, 0.717) is 23.1 Å². The maximum Gasteiger partial charge on any atom is 0.153 e. The molecule has 0 heterocycles. The Balaban J connectivity index is 1.39. The Bertz CT molecular complexity index is 1070. The highest BCUT2D eigenvalue weighted by molar-refractivity contribution is 7.92. The quantitative estimate of drug-likeness (QED) is 0.435. The summed E-state index contributed by atoms with van der Waals surface area (Å²) in [6, 6.07) is 12.0. The number of halogens is 2. The van der Waals surface area contributed by atoms with E-state index in [-0.39, 0.29) is 23.0 Å². The number of nitrogens with two attached hydrogens (primary N) is 1. The molecule has 2 atom stereocenters. The van der Waals surface area contributed by atoms with Gasteiger partial charge in [-0.2, -0.15) is 0 Å². The molecule has 2 aromatic carbocycles. The van der Waals surface area contributed by atoms with E-state index in [9.17, 15) is 8.42 Å². The third-order valence-electron chi connectivity index (χ3n) is 7.12. The lowest BCUT2D eigenvalue weighted by Crippen LogP contribution is -2.34. The van der Waals surface area contributed by atoms with E-state index in [1.54, 1.807) is 0 Å². The van der Waals surface area contributed by atoms with Crippen molar-refractivity contribution in [2.75, 3.05) is 12.4 Å². The second-order valence-electron chi connectivity index (χ2n) is 9.45. The van der Waals surface area contributed by atoms with Crippen LogP contribution in [-0.2, 0) is 22.7 Å². The highest BCUT2D eigenvalue weighted by Gasteiger charge is 2.28. The van der Waals surface area contributed by atoms with Crippen LogP contribution in [0.5, 0.6) is 5.75 Å². The van der Waals surface area contributed by atoms with Gasteiger partial charge >= 0.3 is 0 Å². The minimum Gasteiger partial charge on any atom is -0.494 e. The predicted octanol–water partition coefficient (Wildman–Crippen LogP) is 6.11. The lowest BCUT2D eigenvalue weighted by atomic mass is 9.76. The molecule has 2 unspecified atom stereocenters. The Kier molecular flexibility index (Phi) is 8.27. The van der Waals surface area contributed by atoms with Gasteiger partial charge in [-0.25, -0.2) is 8.42 Å². The van der Waals surface area contributed by atoms with Crippen LogP contribution in [0.1, 0.15) is 67.6 Å². The topological polar surface area (TPSA) is 69.4 Å². The lowest BCUT2D eigenvalue weighted by molar-refractivity contribution is 0.316. The van der Waals surface area contributed by atoms with Gasteiger partial charge in [0.2, 0.25) is 0 Å². The summed E-state index contributed by atoms with van der Waals surface area (Å²) in [4.78, 5) is 0. The van der Waals surface area contributed by atoms with Crippen LogP contribution in [0.25, 0.3) is 0 Å². The summed E-state index contributed by atoms with van der Waals surface area (Å²) in [5.41, 5.74) is 10.2. The largest absolute Gasteiger partial charge is 0.494 e. The van der Waals surface area contributed by atoms with Crippen molar-refractivity contribution in [3.05, 3.63) is 63.1 Å². The second kappa shape index (κ2) is 11.0. The van der Waals surface area contributed by atoms with Gasteiger partial charge in [0.25, 0.3) is 0 Å². The van der Waals surface area contributed by atoms with Crippen molar-refractivity contribution < 1.29 is 13.2 Å². The highest BCUT2D eigenvalue weighted by Crippen LogP contribution is 2.36. The minimum atomic E-state index is -3.03. The third kappa shape index (κ3) is 6.25. The van der Waals surface area contributed by atoms with E-state index in [1.165, 1.54) is 11.1 Å². The molecule has 33 heavy (non-hydrogen) atoms. The number of hydrogen-bond acceptors (Lipinski definition) is 4. The van der Waals surface area contributed by atoms with Crippen LogP contribution in [0, 0.1) is 0 Å². The van der Waals surface area contributed by atoms with Gasteiger partial charge in [-0.1, -0.05) is 54.6 Å². The molecule has 0 spiro atoms. The van der Waals surface area contributed by atoms with Crippen molar-refractivity contribution in [3.63, 3.8) is 0 Å². The maximum atomic E-state index is 12.6. The van der Waals surface area contributed by atoms with Crippen molar-refractivity contribution in [1.29, 1.82) is 0 Å². The molecule has 1 saturated carbocycles. The van der Waals surface area contributed by atoms with Crippen LogP contribution >= 0.6 is 23.2 Å². The van der Waals surface area contributed by atoms with Crippen LogP contribution in [0.4, 0.5) is 0 Å². The summed E-state index contributed by atoms with van der Waals surface area (Å²) >= 11 is 12.3. The number of hydrogen-bond donors (Lipinski definition) is 1. The zero-order valence-corrected chi connectivity index (χ0v) is 21.3. The third-order valence-corrected chi connectivity index (χ3v) is 10.2. The number of fused-ring (bicyclic) bond motifs is 1. The summed E-state index contributed by atoms with van der Waals surface area (Å²) in [6.45, 7) is 0.397. The molecule has 0 bridgehead atoms. The molecule has 4 nitrogen and oxygen atoms in total. The fourth-order valence-corrected chi connectivity index (χ4v) is 7.44. The first-order chi connectivity index (χ1) is 15.8. The molecular formula is C26H33Cl2NO3S. The first-order valence-corrected chi connectivity index (χ1v) is 14.5. The van der Waals surface area contributed by atoms with Crippen molar-refractivity contribution in [3.8, 4) is 5.75 Å². The molecular weight excluding hydrogens is 477 g/mol. The van der Waals surface area contributed by atoms with Crippen LogP contribution in [-0.4, -0.2) is 32.1 Å². The molecule has 2 aliphatic carbocycles. The molecule has 1 fully saturated rings. The first kappa shape index (κ1) is 24.8. The SMILES string of the molecule is NC1CCc2ccc(OCCCS(=O)(=O)C3CCCCC3)cc2C1Cc1ccc(Cl)c(Cl)c1. The molecule has 0 amide bonds. The van der Waals surface area contributed by atoms with Gasteiger partial charge in [0.15, 0.2) is 9.84 Å². The van der Waals surface area contributed by atoms with E-state index in [0.717, 1.165) is 62.7 Å². The molecule has 0 radical (unpaired) electrons. The van der Waals surface area contributed by atoms with Crippen LogP contribution in [0.15, 0.2) is 36.4 Å². The standard InChI is InChI=1S/C26H33Cl2NO3S/c27-24-11-7-18(16-25(24)28)15-23-22-17-20(10-8-19(22)9-12-26(23)29)32-13-4-14-33(30,31)21-5-2-1-3-6-21/h7-8,10-11,16-17,21,23,26H,1-6,9,12-15,29H2. The monoisotopic (exact) mass is 509 g/mol. The molecule has 7 heteroatoms. The van der Waals surface area contributed by atoms with Gasteiger partial charge < -0.3 is 10.5 Å². The normalized spacial score (nSPS) is 21.5. The number of ether oxygens (including phenoxy) is 1. The van der Waals surface area contributed by atoms with Crippen molar-refractivity contribution in [2.24, 2.45) is 5.73 Å². The van der Waals surface area contributed by atoms with Crippen molar-refractivity contribution in [1.82, 2.24) is 0 Å². The van der Waals surface area contributed by atoms with Gasteiger partial charge in [-0.05, 0) is 79.5 Å². The molecule has 0 aromatic heterocycles. The average molecular weight is 511 g/mol. The second-order valence-corrected chi connectivity index (χ2v) is 12.7. The van der Waals surface area contributed by atoms with Crippen LogP contribution < -0.4 is 10.5 Å². The molecule has 2 N–H and O–H groups in total. The van der Waals surface area contributed by atoms with E-state index in [1.807, 2.05) is 24.3 Å². The summed E-state index contributed by atoms with van der Waals surface area (Å²) < 4.78 is 31.2. The smallest absolute Gasteiger partial charge is 0.153 e. The van der Waals surface area contributed by atoms with E-state index in [2.05, 4.69) is 12.1 Å². The Morgan fingerprint density at radius 1 is 0.970 bits per heavy atom.